The normalized spacial score (nSPS) is 10.8. The molecule has 2 aromatic rings. The summed E-state index contributed by atoms with van der Waals surface area (Å²) in [5.41, 5.74) is 8.69. The Kier molecular flexibility index (Phi) is 1.54. The fourth-order valence-electron chi connectivity index (χ4n) is 1.36. The molecule has 2 heterocycles. The lowest BCUT2D eigenvalue weighted by atomic mass is 10.2. The van der Waals surface area contributed by atoms with Gasteiger partial charge in [-0.25, -0.2) is 4.98 Å². The molecule has 3 heteroatoms. The molecule has 2 nitrogen and oxygen atoms in total. The van der Waals surface area contributed by atoms with Crippen molar-refractivity contribution < 1.29 is 0 Å². The van der Waals surface area contributed by atoms with Crippen molar-refractivity contribution in [2.75, 3.05) is 5.73 Å². The maximum absolute atomic E-state index is 5.74. The second-order valence-corrected chi connectivity index (χ2v) is 3.67. The largest absolute Gasteiger partial charge is 0.397 e. The van der Waals surface area contributed by atoms with Crippen LogP contribution in [0.2, 0.25) is 0 Å². The number of aryl methyl sites for hydroxylation is 2. The molecule has 0 unspecified atom stereocenters. The summed E-state index contributed by atoms with van der Waals surface area (Å²) in [4.78, 5) is 5.36. The van der Waals surface area contributed by atoms with Crippen LogP contribution in [0, 0.1) is 19.2 Å². The van der Waals surface area contributed by atoms with Crippen LogP contribution in [0.3, 0.4) is 0 Å². The highest BCUT2D eigenvalue weighted by atomic mass is 32.1. The summed E-state index contributed by atoms with van der Waals surface area (Å²) in [7, 11) is 0. The summed E-state index contributed by atoms with van der Waals surface area (Å²) < 4.78 is 0. The Bertz CT molecular complexity index is 431. The Hall–Kier alpha value is -1.09. The van der Waals surface area contributed by atoms with Gasteiger partial charge in [0, 0.05) is 11.1 Å². The van der Waals surface area contributed by atoms with Gasteiger partial charge in [0.1, 0.15) is 4.83 Å². The molecule has 0 spiro atoms. The highest BCUT2D eigenvalue weighted by Crippen LogP contribution is 2.28. The van der Waals surface area contributed by atoms with E-state index in [1.165, 1.54) is 16.9 Å². The van der Waals surface area contributed by atoms with Crippen LogP contribution in [0.1, 0.15) is 11.3 Å². The predicted molar refractivity (Wildman–Crippen MR) is 52.3 cm³/mol. The van der Waals surface area contributed by atoms with Crippen LogP contribution >= 0.6 is 11.3 Å². The van der Waals surface area contributed by atoms with Crippen molar-refractivity contribution in [1.29, 1.82) is 0 Å². The molecule has 1 radical (unpaired) electrons. The summed E-state index contributed by atoms with van der Waals surface area (Å²) in [5, 5.41) is 4.06. The van der Waals surface area contributed by atoms with Crippen molar-refractivity contribution in [3.05, 3.63) is 22.7 Å². The first-order valence-corrected chi connectivity index (χ1v) is 4.54. The van der Waals surface area contributed by atoms with Crippen LogP contribution in [-0.4, -0.2) is 4.98 Å². The first-order valence-electron chi connectivity index (χ1n) is 3.72. The van der Waals surface area contributed by atoms with E-state index in [1.54, 1.807) is 0 Å². The van der Waals surface area contributed by atoms with Gasteiger partial charge in [-0.3, -0.25) is 0 Å². The van der Waals surface area contributed by atoms with Crippen LogP contribution in [0.15, 0.2) is 6.07 Å². The van der Waals surface area contributed by atoms with E-state index in [-0.39, 0.29) is 0 Å². The monoisotopic (exact) mass is 177 g/mol. The molecule has 0 aliphatic carbocycles. The number of anilines is 1. The van der Waals surface area contributed by atoms with Gasteiger partial charge in [0.05, 0.1) is 11.1 Å². The number of nitrogens with two attached hydrogens (primary N) is 1. The standard InChI is InChI=1S/C9H9N2S/c1-5-3-6(2)11-9-8(5)7(10)4-12-9/h3H,10H2,1-2H3. The van der Waals surface area contributed by atoms with Crippen LogP contribution in [0.25, 0.3) is 10.2 Å². The molecule has 2 rings (SSSR count). The van der Waals surface area contributed by atoms with Gasteiger partial charge >= 0.3 is 0 Å². The van der Waals surface area contributed by atoms with E-state index >= 15 is 0 Å². The molecule has 0 amide bonds. The van der Waals surface area contributed by atoms with E-state index < -0.39 is 0 Å². The maximum atomic E-state index is 5.74. The molecule has 0 saturated carbocycles. The molecule has 0 fully saturated rings. The van der Waals surface area contributed by atoms with E-state index in [2.05, 4.69) is 10.4 Å². The Morgan fingerprint density at radius 3 is 3.00 bits per heavy atom. The van der Waals surface area contributed by atoms with E-state index in [0.29, 0.717) is 0 Å². The third-order valence-electron chi connectivity index (χ3n) is 1.84. The van der Waals surface area contributed by atoms with E-state index in [4.69, 9.17) is 5.73 Å². The minimum atomic E-state index is 0.722. The average molecular weight is 177 g/mol. The number of hydrogen-bond acceptors (Lipinski definition) is 3. The molecule has 61 valence electrons. The van der Waals surface area contributed by atoms with Gasteiger partial charge < -0.3 is 5.73 Å². The highest BCUT2D eigenvalue weighted by Gasteiger charge is 2.05. The van der Waals surface area contributed by atoms with Crippen LogP contribution in [-0.2, 0) is 0 Å². The number of fused-ring (bicyclic) bond motifs is 1. The van der Waals surface area contributed by atoms with E-state index in [1.807, 2.05) is 19.9 Å². The molecule has 2 N–H and O–H groups in total. The first-order chi connectivity index (χ1) is 5.68. The minimum Gasteiger partial charge on any atom is -0.397 e. The van der Waals surface area contributed by atoms with Gasteiger partial charge in [0.15, 0.2) is 0 Å². The number of hydrogen-bond donors (Lipinski definition) is 1. The number of rotatable bonds is 0. The molecule has 0 bridgehead atoms. The molecule has 0 aromatic carbocycles. The molecule has 2 aromatic heterocycles. The highest BCUT2D eigenvalue weighted by molar-refractivity contribution is 7.16. The second-order valence-electron chi connectivity index (χ2n) is 2.88. The number of aromatic nitrogens is 1. The second kappa shape index (κ2) is 2.45. The van der Waals surface area contributed by atoms with Gasteiger partial charge in [0.25, 0.3) is 0 Å². The first kappa shape index (κ1) is 7.55. The Balaban J connectivity index is 2.93. The smallest absolute Gasteiger partial charge is 0.126 e. The van der Waals surface area contributed by atoms with Gasteiger partial charge in [-0.15, -0.1) is 11.3 Å². The topological polar surface area (TPSA) is 38.9 Å². The fourth-order valence-corrected chi connectivity index (χ4v) is 2.23. The average Bonchev–Trinajstić information content (AvgIpc) is 2.31. The zero-order valence-electron chi connectivity index (χ0n) is 7.01. The third-order valence-corrected chi connectivity index (χ3v) is 2.65. The van der Waals surface area contributed by atoms with Crippen LogP contribution in [0.5, 0.6) is 0 Å². The van der Waals surface area contributed by atoms with Crippen molar-refractivity contribution in [3.8, 4) is 0 Å². The lowest BCUT2D eigenvalue weighted by molar-refractivity contribution is 1.25. The number of thiophene rings is 1. The van der Waals surface area contributed by atoms with Gasteiger partial charge in [-0.1, -0.05) is 0 Å². The van der Waals surface area contributed by atoms with Crippen molar-refractivity contribution in [3.63, 3.8) is 0 Å². The van der Waals surface area contributed by atoms with Gasteiger partial charge in [0.2, 0.25) is 0 Å². The number of nitrogens with zero attached hydrogens (tertiary/aromatic N) is 1. The summed E-state index contributed by atoms with van der Waals surface area (Å²) in [6, 6.07) is 2.04. The van der Waals surface area contributed by atoms with Crippen molar-refractivity contribution >= 4 is 27.2 Å². The molecule has 12 heavy (non-hydrogen) atoms. The molecule has 0 aliphatic rings. The molecule has 0 atom stereocenters. The SMILES string of the molecule is Cc1cc(C)c2c(N)[c]sc2n1. The summed E-state index contributed by atoms with van der Waals surface area (Å²) in [5.74, 6) is 0. The number of nitrogen functional groups attached to an aromatic ring is 1. The Morgan fingerprint density at radius 2 is 2.25 bits per heavy atom. The predicted octanol–water partition coefficient (Wildman–Crippen LogP) is 2.30. The van der Waals surface area contributed by atoms with Crippen molar-refractivity contribution in [2.45, 2.75) is 13.8 Å². The number of pyridine rings is 1. The van der Waals surface area contributed by atoms with E-state index in [9.17, 15) is 0 Å². The molecular formula is C9H9N2S. The summed E-state index contributed by atoms with van der Waals surface area (Å²) in [6.07, 6.45) is 0. The lowest BCUT2D eigenvalue weighted by Crippen LogP contribution is -1.87. The van der Waals surface area contributed by atoms with Crippen molar-refractivity contribution in [2.24, 2.45) is 0 Å². The summed E-state index contributed by atoms with van der Waals surface area (Å²) in [6.45, 7) is 4.04. The van der Waals surface area contributed by atoms with E-state index in [0.717, 1.165) is 21.6 Å². The van der Waals surface area contributed by atoms with Gasteiger partial charge in [-0.05, 0) is 25.5 Å². The Morgan fingerprint density at radius 1 is 1.50 bits per heavy atom. The van der Waals surface area contributed by atoms with Gasteiger partial charge in [-0.2, -0.15) is 0 Å². The maximum Gasteiger partial charge on any atom is 0.126 e. The van der Waals surface area contributed by atoms with Crippen LogP contribution < -0.4 is 5.73 Å². The molecule has 0 aliphatic heterocycles. The zero-order chi connectivity index (χ0) is 8.72. The molecule has 0 saturated heterocycles. The molecular weight excluding hydrogens is 168 g/mol. The zero-order valence-corrected chi connectivity index (χ0v) is 7.83. The van der Waals surface area contributed by atoms with Crippen LogP contribution in [0.4, 0.5) is 5.69 Å². The Labute approximate surface area is 75.0 Å². The lowest BCUT2D eigenvalue weighted by Gasteiger charge is -1.98. The third kappa shape index (κ3) is 0.975. The minimum absolute atomic E-state index is 0.722. The fraction of sp³-hybridized carbons (Fsp3) is 0.222. The van der Waals surface area contributed by atoms with Crippen molar-refractivity contribution in [1.82, 2.24) is 4.98 Å². The summed E-state index contributed by atoms with van der Waals surface area (Å²) >= 11 is 1.48. The quantitative estimate of drug-likeness (QED) is 0.670.